The molecule has 0 bridgehead atoms. The smallest absolute Gasteiger partial charge is 0.191 e. The maximum atomic E-state index is 5.77. The van der Waals surface area contributed by atoms with Crippen LogP contribution in [0, 0.1) is 11.8 Å². The van der Waals surface area contributed by atoms with E-state index in [2.05, 4.69) is 43.3 Å². The molecule has 1 heterocycles. The molecular formula is C13H28IN3O. The fraction of sp³-hybridized carbons (Fsp3) is 0.923. The summed E-state index contributed by atoms with van der Waals surface area (Å²) in [5.41, 5.74) is 0. The van der Waals surface area contributed by atoms with Gasteiger partial charge in [-0.3, -0.25) is 4.99 Å². The predicted molar refractivity (Wildman–Crippen MR) is 87.8 cm³/mol. The van der Waals surface area contributed by atoms with E-state index in [4.69, 9.17) is 4.74 Å². The molecule has 2 unspecified atom stereocenters. The van der Waals surface area contributed by atoms with E-state index in [1.165, 1.54) is 0 Å². The minimum Gasteiger partial charge on any atom is -0.378 e. The number of ether oxygens (including phenoxy) is 1. The van der Waals surface area contributed by atoms with Crippen LogP contribution in [0.4, 0.5) is 0 Å². The van der Waals surface area contributed by atoms with Crippen molar-refractivity contribution < 1.29 is 4.74 Å². The predicted octanol–water partition coefficient (Wildman–Crippen LogP) is 2.24. The summed E-state index contributed by atoms with van der Waals surface area (Å²) in [6.45, 7) is 12.2. The van der Waals surface area contributed by atoms with Crippen molar-refractivity contribution in [2.45, 2.75) is 40.2 Å². The van der Waals surface area contributed by atoms with Gasteiger partial charge in [-0.1, -0.05) is 13.8 Å². The molecule has 2 atom stereocenters. The second-order valence-corrected chi connectivity index (χ2v) is 4.88. The van der Waals surface area contributed by atoms with Crippen LogP contribution in [0.5, 0.6) is 0 Å². The van der Waals surface area contributed by atoms with E-state index >= 15 is 0 Å². The molecule has 0 aromatic carbocycles. The fourth-order valence-corrected chi connectivity index (χ4v) is 2.31. The van der Waals surface area contributed by atoms with Gasteiger partial charge in [0.05, 0.1) is 6.10 Å². The van der Waals surface area contributed by atoms with E-state index in [1.807, 2.05) is 0 Å². The Morgan fingerprint density at radius 2 is 1.89 bits per heavy atom. The molecule has 1 fully saturated rings. The topological polar surface area (TPSA) is 45.7 Å². The highest BCUT2D eigenvalue weighted by atomic mass is 127. The zero-order valence-electron chi connectivity index (χ0n) is 12.0. The van der Waals surface area contributed by atoms with E-state index in [9.17, 15) is 0 Å². The Bertz CT molecular complexity index is 238. The van der Waals surface area contributed by atoms with E-state index in [0.717, 1.165) is 38.6 Å². The molecule has 5 heteroatoms. The van der Waals surface area contributed by atoms with E-state index in [1.54, 1.807) is 0 Å². The van der Waals surface area contributed by atoms with Gasteiger partial charge < -0.3 is 15.4 Å². The van der Waals surface area contributed by atoms with Crippen LogP contribution < -0.4 is 10.6 Å². The lowest BCUT2D eigenvalue weighted by atomic mass is 9.93. The standard InChI is InChI=1S/C13H27N3O.HI/c1-5-14-13(15-6-2)16-9-11-7-8-17-12(11)10(3)4;/h10-12H,5-9H2,1-4H3,(H2,14,15,16);1H. The summed E-state index contributed by atoms with van der Waals surface area (Å²) >= 11 is 0. The number of guanidine groups is 1. The van der Waals surface area contributed by atoms with Gasteiger partial charge in [-0.05, 0) is 26.2 Å². The Morgan fingerprint density at radius 1 is 1.28 bits per heavy atom. The van der Waals surface area contributed by atoms with E-state index in [0.29, 0.717) is 17.9 Å². The third-order valence-electron chi connectivity index (χ3n) is 3.09. The fourth-order valence-electron chi connectivity index (χ4n) is 2.31. The molecule has 1 rings (SSSR count). The Morgan fingerprint density at radius 3 is 2.39 bits per heavy atom. The molecule has 0 radical (unpaired) electrons. The molecule has 108 valence electrons. The molecule has 0 amide bonds. The first-order valence-corrected chi connectivity index (χ1v) is 6.82. The molecule has 1 aliphatic rings. The maximum Gasteiger partial charge on any atom is 0.191 e. The van der Waals surface area contributed by atoms with Crippen LogP contribution in [0.2, 0.25) is 0 Å². The Kier molecular flexibility index (Phi) is 9.81. The van der Waals surface area contributed by atoms with Gasteiger partial charge >= 0.3 is 0 Å². The van der Waals surface area contributed by atoms with Crippen LogP contribution in [0.15, 0.2) is 4.99 Å². The Balaban J connectivity index is 0.00000289. The molecule has 0 saturated carbocycles. The van der Waals surface area contributed by atoms with Crippen LogP contribution in [-0.4, -0.2) is 38.3 Å². The average molecular weight is 369 g/mol. The van der Waals surface area contributed by atoms with Crippen LogP contribution in [0.3, 0.4) is 0 Å². The molecule has 0 spiro atoms. The lowest BCUT2D eigenvalue weighted by molar-refractivity contribution is 0.0559. The highest BCUT2D eigenvalue weighted by molar-refractivity contribution is 14.0. The highest BCUT2D eigenvalue weighted by Gasteiger charge is 2.30. The summed E-state index contributed by atoms with van der Waals surface area (Å²) in [5, 5.41) is 6.50. The first-order valence-electron chi connectivity index (χ1n) is 6.82. The van der Waals surface area contributed by atoms with Crippen molar-refractivity contribution in [1.82, 2.24) is 10.6 Å². The monoisotopic (exact) mass is 369 g/mol. The Hall–Kier alpha value is -0.0400. The van der Waals surface area contributed by atoms with Gasteiger partial charge in [-0.15, -0.1) is 24.0 Å². The number of halogens is 1. The summed E-state index contributed by atoms with van der Waals surface area (Å²) in [5.74, 6) is 2.08. The number of hydrogen-bond donors (Lipinski definition) is 2. The van der Waals surface area contributed by atoms with Crippen LogP contribution in [-0.2, 0) is 4.74 Å². The maximum absolute atomic E-state index is 5.77. The summed E-state index contributed by atoms with van der Waals surface area (Å²) < 4.78 is 5.77. The number of hydrogen-bond acceptors (Lipinski definition) is 2. The molecule has 18 heavy (non-hydrogen) atoms. The third kappa shape index (κ3) is 5.73. The summed E-state index contributed by atoms with van der Waals surface area (Å²) in [4.78, 5) is 4.63. The number of nitrogens with zero attached hydrogens (tertiary/aromatic N) is 1. The van der Waals surface area contributed by atoms with Gasteiger partial charge in [0.15, 0.2) is 5.96 Å². The number of nitrogens with one attached hydrogen (secondary N) is 2. The number of rotatable bonds is 5. The molecule has 1 saturated heterocycles. The van der Waals surface area contributed by atoms with Crippen molar-refractivity contribution in [2.75, 3.05) is 26.2 Å². The van der Waals surface area contributed by atoms with Crippen LogP contribution in [0.1, 0.15) is 34.1 Å². The van der Waals surface area contributed by atoms with Gasteiger partial charge in [0, 0.05) is 32.2 Å². The van der Waals surface area contributed by atoms with E-state index < -0.39 is 0 Å². The van der Waals surface area contributed by atoms with Gasteiger partial charge in [-0.2, -0.15) is 0 Å². The normalized spacial score (nSPS) is 22.5. The van der Waals surface area contributed by atoms with Crippen molar-refractivity contribution in [1.29, 1.82) is 0 Å². The van der Waals surface area contributed by atoms with Crippen molar-refractivity contribution in [3.63, 3.8) is 0 Å². The van der Waals surface area contributed by atoms with Gasteiger partial charge in [0.1, 0.15) is 0 Å². The van der Waals surface area contributed by atoms with Gasteiger partial charge in [0.2, 0.25) is 0 Å². The SMILES string of the molecule is CCNC(=NCC1CCOC1C(C)C)NCC.I. The summed E-state index contributed by atoms with van der Waals surface area (Å²) in [7, 11) is 0. The van der Waals surface area contributed by atoms with E-state index in [-0.39, 0.29) is 24.0 Å². The first kappa shape index (κ1) is 18.0. The second-order valence-electron chi connectivity index (χ2n) is 4.88. The van der Waals surface area contributed by atoms with Crippen molar-refractivity contribution in [3.05, 3.63) is 0 Å². The molecule has 0 aromatic rings. The molecule has 0 aliphatic carbocycles. The molecule has 0 aromatic heterocycles. The van der Waals surface area contributed by atoms with Crippen molar-refractivity contribution in [3.8, 4) is 0 Å². The molecule has 1 aliphatic heterocycles. The molecule has 4 nitrogen and oxygen atoms in total. The summed E-state index contributed by atoms with van der Waals surface area (Å²) in [6, 6.07) is 0. The zero-order chi connectivity index (χ0) is 12.7. The zero-order valence-corrected chi connectivity index (χ0v) is 14.4. The third-order valence-corrected chi connectivity index (χ3v) is 3.09. The highest BCUT2D eigenvalue weighted by Crippen LogP contribution is 2.26. The molecule has 2 N–H and O–H groups in total. The van der Waals surface area contributed by atoms with Gasteiger partial charge in [-0.25, -0.2) is 0 Å². The average Bonchev–Trinajstić information content (AvgIpc) is 2.74. The first-order chi connectivity index (χ1) is 8.19. The minimum atomic E-state index is 0. The van der Waals surface area contributed by atoms with Gasteiger partial charge in [0.25, 0.3) is 0 Å². The quantitative estimate of drug-likeness (QED) is 0.444. The van der Waals surface area contributed by atoms with Crippen molar-refractivity contribution in [2.24, 2.45) is 16.8 Å². The van der Waals surface area contributed by atoms with Crippen LogP contribution in [0.25, 0.3) is 0 Å². The minimum absolute atomic E-state index is 0. The molecular weight excluding hydrogens is 341 g/mol. The number of aliphatic imine (C=N–C) groups is 1. The lowest BCUT2D eigenvalue weighted by Gasteiger charge is -2.21. The summed E-state index contributed by atoms with van der Waals surface area (Å²) in [6.07, 6.45) is 1.51. The Labute approximate surface area is 128 Å². The largest absolute Gasteiger partial charge is 0.378 e. The lowest BCUT2D eigenvalue weighted by Crippen LogP contribution is -2.37. The van der Waals surface area contributed by atoms with Crippen molar-refractivity contribution >= 4 is 29.9 Å². The second kappa shape index (κ2) is 9.83. The van der Waals surface area contributed by atoms with Crippen LogP contribution >= 0.6 is 24.0 Å².